The fourth-order valence-electron chi connectivity index (χ4n) is 2.74. The second kappa shape index (κ2) is 8.46. The zero-order valence-electron chi connectivity index (χ0n) is 15.1. The Hall–Kier alpha value is -2.83. The summed E-state index contributed by atoms with van der Waals surface area (Å²) in [6, 6.07) is 19.6. The molecule has 2 aromatic carbocycles. The second-order valence-electron chi connectivity index (χ2n) is 5.99. The number of halogens is 1. The quantitative estimate of drug-likeness (QED) is 0.406. The molecular formula is C21H17ClN4OS. The Balaban J connectivity index is 1.71. The topological polar surface area (TPSA) is 52.8 Å². The first kappa shape index (κ1) is 18.5. The van der Waals surface area contributed by atoms with Gasteiger partial charge in [0.1, 0.15) is 5.75 Å². The van der Waals surface area contributed by atoms with Crippen molar-refractivity contribution < 1.29 is 4.74 Å². The van der Waals surface area contributed by atoms with Crippen molar-refractivity contribution in [2.24, 2.45) is 0 Å². The summed E-state index contributed by atoms with van der Waals surface area (Å²) in [5.41, 5.74) is 3.09. The monoisotopic (exact) mass is 408 g/mol. The third-order valence-corrected chi connectivity index (χ3v) is 5.44. The molecule has 2 heterocycles. The van der Waals surface area contributed by atoms with Crippen molar-refractivity contribution in [1.82, 2.24) is 19.7 Å². The van der Waals surface area contributed by atoms with E-state index in [1.54, 1.807) is 31.3 Å². The van der Waals surface area contributed by atoms with E-state index in [4.69, 9.17) is 16.3 Å². The highest BCUT2D eigenvalue weighted by Crippen LogP contribution is 2.30. The van der Waals surface area contributed by atoms with Crippen LogP contribution in [-0.4, -0.2) is 26.9 Å². The minimum absolute atomic E-state index is 0.732. The first-order valence-electron chi connectivity index (χ1n) is 8.62. The van der Waals surface area contributed by atoms with E-state index in [0.717, 1.165) is 38.8 Å². The Morgan fingerprint density at radius 1 is 0.929 bits per heavy atom. The zero-order valence-corrected chi connectivity index (χ0v) is 16.7. The molecule has 0 bridgehead atoms. The summed E-state index contributed by atoms with van der Waals surface area (Å²) >= 11 is 7.61. The van der Waals surface area contributed by atoms with Crippen LogP contribution >= 0.6 is 23.4 Å². The molecule has 28 heavy (non-hydrogen) atoms. The number of ether oxygens (including phenoxy) is 1. The van der Waals surface area contributed by atoms with E-state index in [1.807, 2.05) is 60.7 Å². The predicted molar refractivity (Wildman–Crippen MR) is 112 cm³/mol. The number of hydrogen-bond donors (Lipinski definition) is 0. The Bertz CT molecular complexity index is 1050. The van der Waals surface area contributed by atoms with Crippen LogP contribution in [0.5, 0.6) is 5.75 Å². The molecule has 0 saturated heterocycles. The van der Waals surface area contributed by atoms with E-state index in [9.17, 15) is 0 Å². The summed E-state index contributed by atoms with van der Waals surface area (Å²) < 4.78 is 7.33. The van der Waals surface area contributed by atoms with E-state index >= 15 is 0 Å². The van der Waals surface area contributed by atoms with Crippen molar-refractivity contribution >= 4 is 23.4 Å². The Morgan fingerprint density at radius 2 is 1.64 bits per heavy atom. The first-order valence-corrected chi connectivity index (χ1v) is 9.98. The summed E-state index contributed by atoms with van der Waals surface area (Å²) in [5.74, 6) is 2.34. The summed E-state index contributed by atoms with van der Waals surface area (Å²) in [5, 5.41) is 10.4. The van der Waals surface area contributed by atoms with Gasteiger partial charge >= 0.3 is 0 Å². The molecule has 0 aliphatic rings. The van der Waals surface area contributed by atoms with Gasteiger partial charge in [-0.15, -0.1) is 10.2 Å². The average molecular weight is 409 g/mol. The lowest BCUT2D eigenvalue weighted by Crippen LogP contribution is -2.00. The van der Waals surface area contributed by atoms with E-state index in [2.05, 4.69) is 19.7 Å². The molecule has 0 spiro atoms. The van der Waals surface area contributed by atoms with E-state index in [0.29, 0.717) is 0 Å². The van der Waals surface area contributed by atoms with Crippen molar-refractivity contribution in [3.05, 3.63) is 83.6 Å². The molecule has 0 N–H and O–H groups in total. The van der Waals surface area contributed by atoms with Crippen LogP contribution in [0.2, 0.25) is 5.02 Å². The van der Waals surface area contributed by atoms with Crippen molar-refractivity contribution in [3.63, 3.8) is 0 Å². The number of aromatic nitrogens is 4. The summed E-state index contributed by atoms with van der Waals surface area (Å²) in [4.78, 5) is 4.10. The molecule has 0 aliphatic heterocycles. The van der Waals surface area contributed by atoms with Gasteiger partial charge in [-0.1, -0.05) is 35.5 Å². The molecule has 7 heteroatoms. The molecule has 4 rings (SSSR count). The minimum Gasteiger partial charge on any atom is -0.497 e. The Morgan fingerprint density at radius 3 is 2.32 bits per heavy atom. The van der Waals surface area contributed by atoms with Crippen molar-refractivity contribution in [2.75, 3.05) is 7.11 Å². The predicted octanol–water partition coefficient (Wildman–Crippen LogP) is 5.28. The summed E-state index contributed by atoms with van der Waals surface area (Å²) in [6.07, 6.45) is 3.51. The number of methoxy groups -OCH3 is 1. The van der Waals surface area contributed by atoms with Crippen LogP contribution < -0.4 is 4.74 Å². The van der Waals surface area contributed by atoms with Crippen molar-refractivity contribution in [3.8, 4) is 22.8 Å². The van der Waals surface area contributed by atoms with Crippen LogP contribution in [0, 0.1) is 0 Å². The van der Waals surface area contributed by atoms with E-state index < -0.39 is 0 Å². The van der Waals surface area contributed by atoms with E-state index in [-0.39, 0.29) is 0 Å². The van der Waals surface area contributed by atoms with Crippen LogP contribution in [0.4, 0.5) is 0 Å². The van der Waals surface area contributed by atoms with Gasteiger partial charge in [0.25, 0.3) is 0 Å². The first-order chi connectivity index (χ1) is 13.7. The molecule has 0 fully saturated rings. The van der Waals surface area contributed by atoms with Crippen LogP contribution in [0.15, 0.2) is 78.2 Å². The largest absolute Gasteiger partial charge is 0.497 e. The molecule has 0 atom stereocenters. The third kappa shape index (κ3) is 4.03. The van der Waals surface area contributed by atoms with Crippen LogP contribution in [0.1, 0.15) is 5.56 Å². The number of rotatable bonds is 6. The fraction of sp³-hybridized carbons (Fsp3) is 0.0952. The number of nitrogens with zero attached hydrogens (tertiary/aromatic N) is 4. The standard InChI is InChI=1S/C21H17ClN4OS/c1-27-19-8-6-18(7-9-19)26-20(16-10-12-23-13-11-16)24-25-21(26)28-14-15-2-4-17(22)5-3-15/h2-13H,14H2,1H3. The highest BCUT2D eigenvalue weighted by atomic mass is 35.5. The van der Waals surface area contributed by atoms with Crippen molar-refractivity contribution in [2.45, 2.75) is 10.9 Å². The Kier molecular flexibility index (Phi) is 5.60. The second-order valence-corrected chi connectivity index (χ2v) is 7.37. The number of thioether (sulfide) groups is 1. The molecule has 2 aromatic heterocycles. The number of hydrogen-bond acceptors (Lipinski definition) is 5. The SMILES string of the molecule is COc1ccc(-n2c(SCc3ccc(Cl)cc3)nnc2-c2ccncc2)cc1. The highest BCUT2D eigenvalue weighted by Gasteiger charge is 2.16. The number of pyridine rings is 1. The molecule has 0 aliphatic carbocycles. The molecule has 0 saturated carbocycles. The zero-order chi connectivity index (χ0) is 19.3. The molecule has 4 aromatic rings. The summed E-state index contributed by atoms with van der Waals surface area (Å²) in [7, 11) is 1.66. The fourth-order valence-corrected chi connectivity index (χ4v) is 3.78. The average Bonchev–Trinajstić information content (AvgIpc) is 3.18. The smallest absolute Gasteiger partial charge is 0.196 e. The highest BCUT2D eigenvalue weighted by molar-refractivity contribution is 7.98. The maximum Gasteiger partial charge on any atom is 0.196 e. The molecular weight excluding hydrogens is 392 g/mol. The van der Waals surface area contributed by atoms with Crippen LogP contribution in [-0.2, 0) is 5.75 Å². The van der Waals surface area contributed by atoms with Gasteiger partial charge in [0.2, 0.25) is 0 Å². The number of benzene rings is 2. The van der Waals surface area contributed by atoms with E-state index in [1.165, 1.54) is 5.56 Å². The normalized spacial score (nSPS) is 10.8. The van der Waals surface area contributed by atoms with Gasteiger partial charge in [-0.25, -0.2) is 0 Å². The molecule has 0 radical (unpaired) electrons. The van der Waals surface area contributed by atoms with Gasteiger partial charge in [0.15, 0.2) is 11.0 Å². The van der Waals surface area contributed by atoms with Crippen LogP contribution in [0.3, 0.4) is 0 Å². The van der Waals surface area contributed by atoms with Gasteiger partial charge in [0.05, 0.1) is 7.11 Å². The van der Waals surface area contributed by atoms with Crippen molar-refractivity contribution in [1.29, 1.82) is 0 Å². The van der Waals surface area contributed by atoms with Gasteiger partial charge in [-0.3, -0.25) is 9.55 Å². The molecule has 5 nitrogen and oxygen atoms in total. The molecule has 0 unspecified atom stereocenters. The van der Waals surface area contributed by atoms with Gasteiger partial charge in [-0.2, -0.15) is 0 Å². The lowest BCUT2D eigenvalue weighted by atomic mass is 10.2. The van der Waals surface area contributed by atoms with Crippen LogP contribution in [0.25, 0.3) is 17.1 Å². The Labute approximate surface area is 172 Å². The maximum absolute atomic E-state index is 5.98. The van der Waals surface area contributed by atoms with Gasteiger partial charge in [-0.05, 0) is 54.1 Å². The molecule has 0 amide bonds. The maximum atomic E-state index is 5.98. The van der Waals surface area contributed by atoms with Gasteiger partial charge < -0.3 is 4.74 Å². The minimum atomic E-state index is 0.732. The lowest BCUT2D eigenvalue weighted by Gasteiger charge is -2.11. The summed E-state index contributed by atoms with van der Waals surface area (Å²) in [6.45, 7) is 0. The lowest BCUT2D eigenvalue weighted by molar-refractivity contribution is 0.414. The van der Waals surface area contributed by atoms with Gasteiger partial charge in [0, 0.05) is 34.4 Å². The molecule has 140 valence electrons. The third-order valence-electron chi connectivity index (χ3n) is 4.18.